The third-order valence-corrected chi connectivity index (χ3v) is 3.27. The standard InChI is InChI=1S/C15H21N3/c1-10(2)18-9-15(12(4)17-18)14-7-13(8-16)6-5-11(14)3/h5-7,9-10H,8,16H2,1-4H3. The van der Waals surface area contributed by atoms with Crippen LogP contribution in [0.2, 0.25) is 0 Å². The molecule has 0 spiro atoms. The van der Waals surface area contributed by atoms with Gasteiger partial charge in [0.15, 0.2) is 0 Å². The topological polar surface area (TPSA) is 43.8 Å². The van der Waals surface area contributed by atoms with E-state index in [1.165, 1.54) is 16.7 Å². The van der Waals surface area contributed by atoms with Crippen LogP contribution in [-0.4, -0.2) is 9.78 Å². The van der Waals surface area contributed by atoms with E-state index in [9.17, 15) is 0 Å². The van der Waals surface area contributed by atoms with Gasteiger partial charge in [-0.25, -0.2) is 0 Å². The Morgan fingerprint density at radius 2 is 1.94 bits per heavy atom. The van der Waals surface area contributed by atoms with Gasteiger partial charge in [-0.1, -0.05) is 12.1 Å². The average molecular weight is 243 g/mol. The highest BCUT2D eigenvalue weighted by molar-refractivity contribution is 5.69. The Labute approximate surface area is 109 Å². The summed E-state index contributed by atoms with van der Waals surface area (Å²) < 4.78 is 2.01. The minimum absolute atomic E-state index is 0.385. The van der Waals surface area contributed by atoms with Crippen molar-refractivity contribution in [3.8, 4) is 11.1 Å². The van der Waals surface area contributed by atoms with E-state index >= 15 is 0 Å². The molecule has 0 aliphatic rings. The number of hydrogen-bond acceptors (Lipinski definition) is 2. The summed E-state index contributed by atoms with van der Waals surface area (Å²) in [5.41, 5.74) is 11.7. The molecule has 0 bridgehead atoms. The normalized spacial score (nSPS) is 11.2. The smallest absolute Gasteiger partial charge is 0.0672 e. The van der Waals surface area contributed by atoms with Gasteiger partial charge in [0.2, 0.25) is 0 Å². The van der Waals surface area contributed by atoms with Crippen LogP contribution in [0.25, 0.3) is 11.1 Å². The molecule has 3 nitrogen and oxygen atoms in total. The zero-order valence-electron chi connectivity index (χ0n) is 11.6. The maximum absolute atomic E-state index is 5.72. The molecular formula is C15H21N3. The van der Waals surface area contributed by atoms with Gasteiger partial charge < -0.3 is 5.73 Å². The van der Waals surface area contributed by atoms with Gasteiger partial charge in [0.25, 0.3) is 0 Å². The minimum Gasteiger partial charge on any atom is -0.326 e. The Morgan fingerprint density at radius 3 is 2.50 bits per heavy atom. The van der Waals surface area contributed by atoms with Crippen LogP contribution in [0.4, 0.5) is 0 Å². The van der Waals surface area contributed by atoms with Crippen LogP contribution in [-0.2, 0) is 6.54 Å². The first kappa shape index (κ1) is 12.8. The number of nitrogens with zero attached hydrogens (tertiary/aromatic N) is 2. The zero-order valence-corrected chi connectivity index (χ0v) is 11.6. The SMILES string of the molecule is Cc1ccc(CN)cc1-c1cn(C(C)C)nc1C. The number of nitrogens with two attached hydrogens (primary N) is 1. The molecule has 0 fully saturated rings. The molecule has 2 rings (SSSR count). The Bertz CT molecular complexity index is 553. The van der Waals surface area contributed by atoms with E-state index in [0.717, 1.165) is 11.3 Å². The second kappa shape index (κ2) is 4.94. The van der Waals surface area contributed by atoms with E-state index in [1.807, 2.05) is 4.68 Å². The van der Waals surface area contributed by atoms with Gasteiger partial charge in [0.1, 0.15) is 0 Å². The van der Waals surface area contributed by atoms with Gasteiger partial charge in [0, 0.05) is 24.3 Å². The molecule has 1 aromatic heterocycles. The highest BCUT2D eigenvalue weighted by atomic mass is 15.3. The van der Waals surface area contributed by atoms with Crippen molar-refractivity contribution in [2.45, 2.75) is 40.3 Å². The molecule has 0 unspecified atom stereocenters. The van der Waals surface area contributed by atoms with Crippen molar-refractivity contribution >= 4 is 0 Å². The summed E-state index contributed by atoms with van der Waals surface area (Å²) >= 11 is 0. The molecule has 0 amide bonds. The van der Waals surface area contributed by atoms with Crippen LogP contribution >= 0.6 is 0 Å². The predicted molar refractivity (Wildman–Crippen MR) is 75.4 cm³/mol. The van der Waals surface area contributed by atoms with E-state index in [1.54, 1.807) is 0 Å². The second-order valence-electron chi connectivity index (χ2n) is 5.06. The largest absolute Gasteiger partial charge is 0.326 e. The monoisotopic (exact) mass is 243 g/mol. The molecule has 1 aromatic carbocycles. The molecule has 0 aliphatic carbocycles. The number of hydrogen-bond donors (Lipinski definition) is 1. The first-order valence-electron chi connectivity index (χ1n) is 6.38. The molecule has 2 aromatic rings. The predicted octanol–water partition coefficient (Wildman–Crippen LogP) is 3.21. The van der Waals surface area contributed by atoms with Crippen LogP contribution in [0.3, 0.4) is 0 Å². The van der Waals surface area contributed by atoms with E-state index in [4.69, 9.17) is 5.73 Å². The van der Waals surface area contributed by atoms with Gasteiger partial charge >= 0.3 is 0 Å². The van der Waals surface area contributed by atoms with Crippen LogP contribution in [0.15, 0.2) is 24.4 Å². The highest BCUT2D eigenvalue weighted by Crippen LogP contribution is 2.28. The van der Waals surface area contributed by atoms with Crippen molar-refractivity contribution in [3.05, 3.63) is 41.2 Å². The number of aryl methyl sites for hydroxylation is 2. The summed E-state index contributed by atoms with van der Waals surface area (Å²) in [4.78, 5) is 0. The van der Waals surface area contributed by atoms with Gasteiger partial charge in [-0.15, -0.1) is 0 Å². The zero-order chi connectivity index (χ0) is 13.3. The molecular weight excluding hydrogens is 222 g/mol. The van der Waals surface area contributed by atoms with Crippen molar-refractivity contribution in [2.24, 2.45) is 5.73 Å². The summed E-state index contributed by atoms with van der Waals surface area (Å²) in [7, 11) is 0. The van der Waals surface area contributed by atoms with E-state index in [2.05, 4.69) is 57.2 Å². The molecule has 3 heteroatoms. The lowest BCUT2D eigenvalue weighted by Crippen LogP contribution is -2.00. The number of aromatic nitrogens is 2. The third kappa shape index (κ3) is 2.31. The summed E-state index contributed by atoms with van der Waals surface area (Å²) in [6.07, 6.45) is 2.13. The number of benzene rings is 1. The summed E-state index contributed by atoms with van der Waals surface area (Å²) in [5, 5.41) is 4.57. The van der Waals surface area contributed by atoms with Gasteiger partial charge in [-0.3, -0.25) is 4.68 Å². The second-order valence-corrected chi connectivity index (χ2v) is 5.06. The van der Waals surface area contributed by atoms with E-state index < -0.39 is 0 Å². The lowest BCUT2D eigenvalue weighted by Gasteiger charge is -2.07. The maximum atomic E-state index is 5.72. The van der Waals surface area contributed by atoms with Crippen molar-refractivity contribution in [3.63, 3.8) is 0 Å². The highest BCUT2D eigenvalue weighted by Gasteiger charge is 2.11. The first-order valence-corrected chi connectivity index (χ1v) is 6.38. The quantitative estimate of drug-likeness (QED) is 0.899. The van der Waals surface area contributed by atoms with Crippen LogP contribution in [0, 0.1) is 13.8 Å². The Balaban J connectivity index is 2.54. The third-order valence-electron chi connectivity index (χ3n) is 3.27. The minimum atomic E-state index is 0.385. The fourth-order valence-electron chi connectivity index (χ4n) is 2.10. The molecule has 0 atom stereocenters. The van der Waals surface area contributed by atoms with E-state index in [0.29, 0.717) is 12.6 Å². The van der Waals surface area contributed by atoms with Crippen LogP contribution in [0.5, 0.6) is 0 Å². The Hall–Kier alpha value is -1.61. The first-order chi connectivity index (χ1) is 8.52. The molecule has 1 heterocycles. The van der Waals surface area contributed by atoms with Gasteiger partial charge in [0.05, 0.1) is 5.69 Å². The van der Waals surface area contributed by atoms with Crippen molar-refractivity contribution in [2.75, 3.05) is 0 Å². The summed E-state index contributed by atoms with van der Waals surface area (Å²) in [5.74, 6) is 0. The summed E-state index contributed by atoms with van der Waals surface area (Å²) in [6, 6.07) is 6.77. The number of rotatable bonds is 3. The van der Waals surface area contributed by atoms with Crippen molar-refractivity contribution in [1.29, 1.82) is 0 Å². The fraction of sp³-hybridized carbons (Fsp3) is 0.400. The van der Waals surface area contributed by atoms with Gasteiger partial charge in [-0.2, -0.15) is 5.10 Å². The lowest BCUT2D eigenvalue weighted by molar-refractivity contribution is 0.529. The Morgan fingerprint density at radius 1 is 1.22 bits per heavy atom. The molecule has 0 saturated carbocycles. The summed E-state index contributed by atoms with van der Waals surface area (Å²) in [6.45, 7) is 9.04. The van der Waals surface area contributed by atoms with Crippen molar-refractivity contribution in [1.82, 2.24) is 9.78 Å². The van der Waals surface area contributed by atoms with Crippen molar-refractivity contribution < 1.29 is 0 Å². The molecule has 18 heavy (non-hydrogen) atoms. The van der Waals surface area contributed by atoms with Crippen LogP contribution in [0.1, 0.15) is 36.7 Å². The van der Waals surface area contributed by atoms with Gasteiger partial charge in [-0.05, 0) is 50.5 Å². The average Bonchev–Trinajstić information content (AvgIpc) is 2.72. The Kier molecular flexibility index (Phi) is 3.53. The molecule has 0 aliphatic heterocycles. The molecule has 0 radical (unpaired) electrons. The lowest BCUT2D eigenvalue weighted by atomic mass is 9.99. The fourth-order valence-corrected chi connectivity index (χ4v) is 2.10. The molecule has 0 saturated heterocycles. The molecule has 2 N–H and O–H groups in total. The van der Waals surface area contributed by atoms with Crippen LogP contribution < -0.4 is 5.73 Å². The molecule has 96 valence electrons. The maximum Gasteiger partial charge on any atom is 0.0672 e. The van der Waals surface area contributed by atoms with E-state index in [-0.39, 0.29) is 0 Å².